The normalized spacial score (nSPS) is 11.2. The average molecular weight is 419 g/mol. The molecule has 3 heteroatoms. The van der Waals surface area contributed by atoms with E-state index < -0.39 is 0 Å². The van der Waals surface area contributed by atoms with Gasteiger partial charge in [-0.2, -0.15) is 0 Å². The van der Waals surface area contributed by atoms with Crippen LogP contribution in [-0.2, 0) is 11.2 Å². The molecule has 0 aromatic heterocycles. The first kappa shape index (κ1) is 17.7. The molecule has 1 N–H and O–H groups in total. The van der Waals surface area contributed by atoms with Crippen LogP contribution in [0.4, 0.5) is 5.69 Å². The summed E-state index contributed by atoms with van der Waals surface area (Å²) in [6.45, 7) is 6.48. The van der Waals surface area contributed by atoms with E-state index in [4.69, 9.17) is 0 Å². The second-order valence-electron chi connectivity index (χ2n) is 6.13. The molecule has 0 saturated carbocycles. The van der Waals surface area contributed by atoms with Gasteiger partial charge in [-0.3, -0.25) is 4.79 Å². The van der Waals surface area contributed by atoms with E-state index in [0.29, 0.717) is 5.92 Å². The standard InChI is InChI=1S/C20H22INO/c1-14(2)12-17-7-5-16(6-8-17)9-11-20(23)22-18-10-4-15(3)19(21)13-18/h4-11,13-14H,12H2,1-3H3,(H,22,23)/b11-9+. The highest BCUT2D eigenvalue weighted by molar-refractivity contribution is 14.1. The first-order valence-corrected chi connectivity index (χ1v) is 8.86. The number of halogens is 1. The molecule has 0 bridgehead atoms. The molecular weight excluding hydrogens is 397 g/mol. The number of hydrogen-bond acceptors (Lipinski definition) is 1. The maximum atomic E-state index is 12.0. The third-order valence-electron chi connectivity index (χ3n) is 3.49. The Morgan fingerprint density at radius 2 is 1.87 bits per heavy atom. The van der Waals surface area contributed by atoms with Crippen LogP contribution in [0.15, 0.2) is 48.5 Å². The van der Waals surface area contributed by atoms with Crippen LogP contribution in [0.5, 0.6) is 0 Å². The molecule has 0 heterocycles. The fourth-order valence-electron chi connectivity index (χ4n) is 2.26. The van der Waals surface area contributed by atoms with Crippen molar-refractivity contribution in [3.05, 3.63) is 68.8 Å². The fraction of sp³-hybridized carbons (Fsp3) is 0.250. The number of anilines is 1. The van der Waals surface area contributed by atoms with Gasteiger partial charge in [0.1, 0.15) is 0 Å². The largest absolute Gasteiger partial charge is 0.322 e. The van der Waals surface area contributed by atoms with E-state index >= 15 is 0 Å². The molecule has 1 amide bonds. The minimum absolute atomic E-state index is 0.115. The van der Waals surface area contributed by atoms with Crippen LogP contribution < -0.4 is 5.32 Å². The molecule has 0 aliphatic carbocycles. The van der Waals surface area contributed by atoms with Gasteiger partial charge in [0, 0.05) is 15.3 Å². The molecule has 0 aliphatic heterocycles. The van der Waals surface area contributed by atoms with Crippen LogP contribution in [0.3, 0.4) is 0 Å². The molecule has 2 aromatic carbocycles. The molecule has 0 spiro atoms. The molecule has 2 aromatic rings. The van der Waals surface area contributed by atoms with Gasteiger partial charge in [0.25, 0.3) is 0 Å². The lowest BCUT2D eigenvalue weighted by molar-refractivity contribution is -0.111. The first-order valence-electron chi connectivity index (χ1n) is 7.78. The summed E-state index contributed by atoms with van der Waals surface area (Å²) >= 11 is 2.27. The summed E-state index contributed by atoms with van der Waals surface area (Å²) in [6, 6.07) is 14.3. The maximum Gasteiger partial charge on any atom is 0.248 e. The molecule has 0 saturated heterocycles. The van der Waals surface area contributed by atoms with Crippen molar-refractivity contribution >= 4 is 40.3 Å². The first-order chi connectivity index (χ1) is 10.9. The predicted molar refractivity (Wildman–Crippen MR) is 107 cm³/mol. The lowest BCUT2D eigenvalue weighted by Gasteiger charge is -2.05. The van der Waals surface area contributed by atoms with Gasteiger partial charge in [-0.1, -0.05) is 44.2 Å². The van der Waals surface area contributed by atoms with Gasteiger partial charge >= 0.3 is 0 Å². The van der Waals surface area contributed by atoms with Gasteiger partial charge in [0.15, 0.2) is 0 Å². The Hall–Kier alpha value is -1.62. The van der Waals surface area contributed by atoms with Gasteiger partial charge in [0.05, 0.1) is 0 Å². The van der Waals surface area contributed by atoms with Crippen LogP contribution in [0.1, 0.15) is 30.5 Å². The zero-order valence-corrected chi connectivity index (χ0v) is 15.9. The summed E-state index contributed by atoms with van der Waals surface area (Å²) in [5.74, 6) is 0.537. The lowest BCUT2D eigenvalue weighted by atomic mass is 10.0. The van der Waals surface area contributed by atoms with E-state index in [1.165, 1.54) is 11.1 Å². The highest BCUT2D eigenvalue weighted by Crippen LogP contribution is 2.17. The van der Waals surface area contributed by atoms with Crippen molar-refractivity contribution in [2.45, 2.75) is 27.2 Å². The van der Waals surface area contributed by atoms with Crippen molar-refractivity contribution in [2.24, 2.45) is 5.92 Å². The van der Waals surface area contributed by atoms with Gasteiger partial charge in [0.2, 0.25) is 5.91 Å². The number of carbonyl (C=O) groups is 1. The Bertz CT molecular complexity index is 702. The molecule has 23 heavy (non-hydrogen) atoms. The monoisotopic (exact) mass is 419 g/mol. The molecule has 0 aliphatic rings. The zero-order valence-electron chi connectivity index (χ0n) is 13.8. The topological polar surface area (TPSA) is 29.1 Å². The summed E-state index contributed by atoms with van der Waals surface area (Å²) in [6.07, 6.45) is 4.49. The molecule has 2 rings (SSSR count). The van der Waals surface area contributed by atoms with Crippen LogP contribution in [0.2, 0.25) is 0 Å². The summed E-state index contributed by atoms with van der Waals surface area (Å²) in [7, 11) is 0. The van der Waals surface area contributed by atoms with Crippen molar-refractivity contribution in [3.63, 3.8) is 0 Å². The van der Waals surface area contributed by atoms with E-state index in [1.807, 2.05) is 24.3 Å². The highest BCUT2D eigenvalue weighted by Gasteiger charge is 2.01. The van der Waals surface area contributed by atoms with E-state index in [1.54, 1.807) is 6.08 Å². The smallest absolute Gasteiger partial charge is 0.248 e. The SMILES string of the molecule is Cc1ccc(NC(=O)/C=C/c2ccc(CC(C)C)cc2)cc1I. The number of hydrogen-bond donors (Lipinski definition) is 1. The third kappa shape index (κ3) is 5.82. The van der Waals surface area contributed by atoms with Crippen LogP contribution in [-0.4, -0.2) is 5.91 Å². The zero-order chi connectivity index (χ0) is 16.8. The molecule has 120 valence electrons. The summed E-state index contributed by atoms with van der Waals surface area (Å²) in [5, 5.41) is 2.89. The summed E-state index contributed by atoms with van der Waals surface area (Å²) in [5.41, 5.74) is 4.39. The molecule has 0 radical (unpaired) electrons. The van der Waals surface area contributed by atoms with Crippen LogP contribution in [0, 0.1) is 16.4 Å². The Kier molecular flexibility index (Phi) is 6.39. The van der Waals surface area contributed by atoms with E-state index in [2.05, 4.69) is 72.9 Å². The average Bonchev–Trinajstić information content (AvgIpc) is 2.50. The maximum absolute atomic E-state index is 12.0. The van der Waals surface area contributed by atoms with Crippen molar-refractivity contribution < 1.29 is 4.79 Å². The van der Waals surface area contributed by atoms with Crippen molar-refractivity contribution in [3.8, 4) is 0 Å². The van der Waals surface area contributed by atoms with Crippen molar-refractivity contribution in [1.82, 2.24) is 0 Å². The Balaban J connectivity index is 1.96. The van der Waals surface area contributed by atoms with Gasteiger partial charge < -0.3 is 5.32 Å². The fourth-order valence-corrected chi connectivity index (χ4v) is 2.78. The highest BCUT2D eigenvalue weighted by atomic mass is 127. The number of carbonyl (C=O) groups excluding carboxylic acids is 1. The second kappa shape index (κ2) is 8.29. The summed E-state index contributed by atoms with van der Waals surface area (Å²) in [4.78, 5) is 12.0. The van der Waals surface area contributed by atoms with Gasteiger partial charge in [-0.15, -0.1) is 0 Å². The van der Waals surface area contributed by atoms with Crippen LogP contribution in [0.25, 0.3) is 6.08 Å². The quantitative estimate of drug-likeness (QED) is 0.507. The number of amides is 1. The number of nitrogens with one attached hydrogen (secondary N) is 1. The van der Waals surface area contributed by atoms with Gasteiger partial charge in [-0.25, -0.2) is 0 Å². The minimum atomic E-state index is -0.115. The van der Waals surface area contributed by atoms with Crippen molar-refractivity contribution in [1.29, 1.82) is 0 Å². The van der Waals surface area contributed by atoms with E-state index in [-0.39, 0.29) is 5.91 Å². The molecule has 2 nitrogen and oxygen atoms in total. The Morgan fingerprint density at radius 3 is 2.48 bits per heavy atom. The third-order valence-corrected chi connectivity index (χ3v) is 4.65. The molecule has 0 unspecified atom stereocenters. The molecule has 0 fully saturated rings. The molecule has 0 atom stereocenters. The minimum Gasteiger partial charge on any atom is -0.322 e. The lowest BCUT2D eigenvalue weighted by Crippen LogP contribution is -2.07. The second-order valence-corrected chi connectivity index (χ2v) is 7.29. The number of rotatable bonds is 5. The van der Waals surface area contributed by atoms with Gasteiger partial charge in [-0.05, 0) is 76.8 Å². The molecular formula is C20H22INO. The van der Waals surface area contributed by atoms with Crippen LogP contribution >= 0.6 is 22.6 Å². The Morgan fingerprint density at radius 1 is 1.17 bits per heavy atom. The number of benzene rings is 2. The number of aryl methyl sites for hydroxylation is 1. The van der Waals surface area contributed by atoms with E-state index in [9.17, 15) is 4.79 Å². The van der Waals surface area contributed by atoms with Crippen molar-refractivity contribution in [2.75, 3.05) is 5.32 Å². The Labute approximate surface area is 152 Å². The van der Waals surface area contributed by atoms with E-state index in [0.717, 1.165) is 21.2 Å². The summed E-state index contributed by atoms with van der Waals surface area (Å²) < 4.78 is 1.14. The predicted octanol–water partition coefficient (Wildman–Crippen LogP) is 5.45.